The summed E-state index contributed by atoms with van der Waals surface area (Å²) in [5, 5.41) is 0. The fourth-order valence-corrected chi connectivity index (χ4v) is 2.85. The van der Waals surface area contributed by atoms with Gasteiger partial charge in [-0.3, -0.25) is 0 Å². The average molecular weight is 332 g/mol. The molecule has 0 aliphatic carbocycles. The smallest absolute Gasteiger partial charge is 0.374 e. The minimum Gasteiger partial charge on any atom is -0.374 e. The minimum absolute atomic E-state index is 0.0172. The van der Waals surface area contributed by atoms with Crippen LogP contribution in [0.15, 0.2) is 54.6 Å². The summed E-state index contributed by atoms with van der Waals surface area (Å²) in [5.74, 6) is 0. The molecule has 1 unspecified atom stereocenters. The molecule has 0 N–H and O–H groups in total. The highest BCUT2D eigenvalue weighted by atomic mass is 19.4. The van der Waals surface area contributed by atoms with Crippen LogP contribution < -0.4 is 0 Å². The Bertz CT molecular complexity index is 706. The van der Waals surface area contributed by atoms with Crippen molar-refractivity contribution in [3.8, 4) is 0 Å². The van der Waals surface area contributed by atoms with Crippen molar-refractivity contribution in [2.24, 2.45) is 0 Å². The van der Waals surface area contributed by atoms with Gasteiger partial charge in [-0.2, -0.15) is 13.2 Å². The third-order valence-electron chi connectivity index (χ3n) is 4.20. The summed E-state index contributed by atoms with van der Waals surface area (Å²) in [7, 11) is 0. The summed E-state index contributed by atoms with van der Waals surface area (Å²) < 4.78 is 44.0. The third-order valence-corrected chi connectivity index (χ3v) is 4.20. The Balaban J connectivity index is 1.99. The second kappa shape index (κ2) is 6.81. The number of hydrogen-bond acceptors (Lipinski definition) is 1. The van der Waals surface area contributed by atoms with Gasteiger partial charge in [0.25, 0.3) is 0 Å². The number of alkyl halides is 3. The van der Waals surface area contributed by atoms with Crippen molar-refractivity contribution in [1.29, 1.82) is 0 Å². The van der Waals surface area contributed by atoms with Crippen molar-refractivity contribution in [1.82, 2.24) is 0 Å². The molecular weight excluding hydrogens is 313 g/mol. The number of halogens is 3. The van der Waals surface area contributed by atoms with Crippen LogP contribution in [0, 0.1) is 6.92 Å². The summed E-state index contributed by atoms with van der Waals surface area (Å²) in [6, 6.07) is 13.3. The predicted octanol–water partition coefficient (Wildman–Crippen LogP) is 5.62. The van der Waals surface area contributed by atoms with E-state index in [1.165, 1.54) is 12.1 Å². The predicted molar refractivity (Wildman–Crippen MR) is 88.7 cm³/mol. The van der Waals surface area contributed by atoms with Crippen LogP contribution >= 0.6 is 0 Å². The molecule has 0 bridgehead atoms. The molecule has 1 fully saturated rings. The zero-order valence-electron chi connectivity index (χ0n) is 13.4. The van der Waals surface area contributed by atoms with Gasteiger partial charge in [0.2, 0.25) is 0 Å². The monoisotopic (exact) mass is 332 g/mol. The van der Waals surface area contributed by atoms with E-state index in [1.54, 1.807) is 0 Å². The van der Waals surface area contributed by atoms with E-state index >= 15 is 0 Å². The Morgan fingerprint density at radius 1 is 1.00 bits per heavy atom. The Morgan fingerprint density at radius 3 is 2.08 bits per heavy atom. The fraction of sp³-hybridized carbons (Fsp3) is 0.300. The number of hydrogen-bond donors (Lipinski definition) is 0. The summed E-state index contributed by atoms with van der Waals surface area (Å²) in [6.07, 6.45) is -0.324. The van der Waals surface area contributed by atoms with Crippen molar-refractivity contribution >= 4 is 5.57 Å². The van der Waals surface area contributed by atoms with E-state index in [9.17, 15) is 13.2 Å². The van der Waals surface area contributed by atoms with Gasteiger partial charge < -0.3 is 4.74 Å². The summed E-state index contributed by atoms with van der Waals surface area (Å²) in [6.45, 7) is 2.74. The van der Waals surface area contributed by atoms with Gasteiger partial charge in [0.05, 0.1) is 11.7 Å². The maximum Gasteiger partial charge on any atom is 0.416 e. The second-order valence-electron chi connectivity index (χ2n) is 6.07. The quantitative estimate of drug-likeness (QED) is 0.708. The van der Waals surface area contributed by atoms with Crippen LogP contribution in [0.2, 0.25) is 0 Å². The van der Waals surface area contributed by atoms with Gasteiger partial charge in [-0.1, -0.05) is 42.0 Å². The molecule has 1 heterocycles. The molecule has 1 nitrogen and oxygen atoms in total. The van der Waals surface area contributed by atoms with Crippen LogP contribution in [-0.2, 0) is 10.9 Å². The molecule has 0 saturated carbocycles. The molecule has 0 aromatic heterocycles. The molecule has 1 saturated heterocycles. The Morgan fingerprint density at radius 2 is 1.58 bits per heavy atom. The van der Waals surface area contributed by atoms with Crippen LogP contribution in [0.3, 0.4) is 0 Å². The molecule has 2 aromatic carbocycles. The Hall–Kier alpha value is -2.07. The highest BCUT2D eigenvalue weighted by Gasteiger charge is 2.30. The van der Waals surface area contributed by atoms with Gasteiger partial charge in [-0.25, -0.2) is 0 Å². The second-order valence-corrected chi connectivity index (χ2v) is 6.07. The van der Waals surface area contributed by atoms with Crippen LogP contribution in [0.5, 0.6) is 0 Å². The van der Waals surface area contributed by atoms with E-state index in [-0.39, 0.29) is 6.10 Å². The van der Waals surface area contributed by atoms with Crippen molar-refractivity contribution in [3.05, 3.63) is 76.9 Å². The highest BCUT2D eigenvalue weighted by molar-refractivity contribution is 5.80. The Kier molecular flexibility index (Phi) is 4.76. The molecule has 0 spiro atoms. The van der Waals surface area contributed by atoms with Crippen LogP contribution in [-0.4, -0.2) is 12.7 Å². The minimum atomic E-state index is -4.32. The molecular formula is C20H19F3O. The number of rotatable bonds is 3. The van der Waals surface area contributed by atoms with Crippen molar-refractivity contribution in [3.63, 3.8) is 0 Å². The lowest BCUT2D eigenvalue weighted by atomic mass is 9.94. The van der Waals surface area contributed by atoms with E-state index in [4.69, 9.17) is 4.74 Å². The summed E-state index contributed by atoms with van der Waals surface area (Å²) in [4.78, 5) is 0. The third kappa shape index (κ3) is 3.88. The highest BCUT2D eigenvalue weighted by Crippen LogP contribution is 2.32. The van der Waals surface area contributed by atoms with Gasteiger partial charge in [-0.05, 0) is 54.7 Å². The first kappa shape index (κ1) is 16.8. The van der Waals surface area contributed by atoms with Gasteiger partial charge in [0.15, 0.2) is 0 Å². The van der Waals surface area contributed by atoms with Crippen LogP contribution in [0.25, 0.3) is 5.57 Å². The van der Waals surface area contributed by atoms with Gasteiger partial charge >= 0.3 is 6.18 Å². The van der Waals surface area contributed by atoms with E-state index in [0.29, 0.717) is 0 Å². The lowest BCUT2D eigenvalue weighted by Crippen LogP contribution is -2.05. The van der Waals surface area contributed by atoms with E-state index in [0.717, 1.165) is 53.8 Å². The van der Waals surface area contributed by atoms with Gasteiger partial charge in [0.1, 0.15) is 0 Å². The van der Waals surface area contributed by atoms with Crippen molar-refractivity contribution in [2.75, 3.05) is 6.61 Å². The zero-order valence-corrected chi connectivity index (χ0v) is 13.4. The van der Waals surface area contributed by atoms with Gasteiger partial charge in [0, 0.05) is 6.61 Å². The SMILES string of the molecule is Cc1ccc(/C(=C\C2CCCO2)c2ccc(C(F)(F)F)cc2)cc1. The molecule has 1 aliphatic heterocycles. The Labute approximate surface area is 139 Å². The molecule has 0 radical (unpaired) electrons. The topological polar surface area (TPSA) is 9.23 Å². The molecule has 126 valence electrons. The normalized spacial score (nSPS) is 18.8. The van der Waals surface area contributed by atoms with Crippen LogP contribution in [0.4, 0.5) is 13.2 Å². The summed E-state index contributed by atoms with van der Waals surface area (Å²) >= 11 is 0. The molecule has 3 rings (SSSR count). The van der Waals surface area contributed by atoms with Crippen molar-refractivity contribution < 1.29 is 17.9 Å². The van der Waals surface area contributed by atoms with Gasteiger partial charge in [-0.15, -0.1) is 0 Å². The fourth-order valence-electron chi connectivity index (χ4n) is 2.85. The standard InChI is InChI=1S/C20H19F3O/c1-14-4-6-15(7-5-14)19(13-18-3-2-12-24-18)16-8-10-17(11-9-16)20(21,22)23/h4-11,13,18H,2-3,12H2,1H3/b19-13+. The van der Waals surface area contributed by atoms with Crippen LogP contribution in [0.1, 0.15) is 35.1 Å². The number of aryl methyl sites for hydroxylation is 1. The maximum absolute atomic E-state index is 12.8. The number of benzene rings is 2. The average Bonchev–Trinajstić information content (AvgIpc) is 3.06. The molecule has 4 heteroatoms. The van der Waals surface area contributed by atoms with E-state index in [2.05, 4.69) is 0 Å². The molecule has 1 aliphatic rings. The lowest BCUT2D eigenvalue weighted by molar-refractivity contribution is -0.137. The van der Waals surface area contributed by atoms with Crippen molar-refractivity contribution in [2.45, 2.75) is 32.0 Å². The number of ether oxygens (including phenoxy) is 1. The summed E-state index contributed by atoms with van der Waals surface area (Å²) in [5.41, 5.74) is 3.17. The first-order valence-electron chi connectivity index (χ1n) is 8.01. The van der Waals surface area contributed by atoms with E-state index < -0.39 is 11.7 Å². The molecule has 0 amide bonds. The van der Waals surface area contributed by atoms with E-state index in [1.807, 2.05) is 37.3 Å². The first-order chi connectivity index (χ1) is 11.4. The lowest BCUT2D eigenvalue weighted by Gasteiger charge is -2.14. The first-order valence-corrected chi connectivity index (χ1v) is 8.01. The largest absolute Gasteiger partial charge is 0.416 e. The molecule has 1 atom stereocenters. The zero-order chi connectivity index (χ0) is 17.2. The maximum atomic E-state index is 12.8. The molecule has 2 aromatic rings. The molecule has 24 heavy (non-hydrogen) atoms.